The third-order valence-corrected chi connectivity index (χ3v) is 4.61. The lowest BCUT2D eigenvalue weighted by molar-refractivity contribution is 0.229. The molecule has 0 spiro atoms. The van der Waals surface area contributed by atoms with Crippen LogP contribution in [0.25, 0.3) is 12.2 Å². The first-order valence-electron chi connectivity index (χ1n) is 8.96. The van der Waals surface area contributed by atoms with Crippen molar-refractivity contribution in [2.24, 2.45) is 5.73 Å². The molecule has 1 heterocycles. The normalized spacial score (nSPS) is 15.3. The summed E-state index contributed by atoms with van der Waals surface area (Å²) in [7, 11) is 0. The van der Waals surface area contributed by atoms with Crippen LogP contribution in [0.2, 0.25) is 5.02 Å². The quantitative estimate of drug-likeness (QED) is 0.666. The van der Waals surface area contributed by atoms with E-state index in [4.69, 9.17) is 31.3 Å². The van der Waals surface area contributed by atoms with E-state index in [0.29, 0.717) is 41.5 Å². The Balaban J connectivity index is 0.00000261. The van der Waals surface area contributed by atoms with E-state index in [1.807, 2.05) is 32.1 Å². The minimum atomic E-state index is -0.431. The van der Waals surface area contributed by atoms with Gasteiger partial charge in [-0.05, 0) is 56.4 Å². The number of nitrogens with zero attached hydrogens (tertiary/aromatic N) is 2. The van der Waals surface area contributed by atoms with E-state index < -0.39 is 5.54 Å². The van der Waals surface area contributed by atoms with Gasteiger partial charge in [-0.25, -0.2) is 0 Å². The molecule has 0 unspecified atom stereocenters. The molecule has 1 aliphatic rings. The molecule has 0 bridgehead atoms. The number of rotatable bonds is 8. The van der Waals surface area contributed by atoms with Crippen molar-refractivity contribution in [2.45, 2.75) is 45.1 Å². The molecule has 8 heteroatoms. The summed E-state index contributed by atoms with van der Waals surface area (Å²) < 4.78 is 16.7. The molecule has 1 saturated carbocycles. The van der Waals surface area contributed by atoms with E-state index in [0.717, 1.165) is 31.2 Å². The van der Waals surface area contributed by atoms with Gasteiger partial charge in [0, 0.05) is 6.08 Å². The minimum Gasteiger partial charge on any atom is -0.490 e. The van der Waals surface area contributed by atoms with Gasteiger partial charge < -0.3 is 19.7 Å². The summed E-state index contributed by atoms with van der Waals surface area (Å²) in [5.41, 5.74) is 6.64. The molecule has 0 radical (unpaired) electrons. The molecule has 2 N–H and O–H groups in total. The SMILES string of the molecule is CCCOc1c(Cl)cc(/C=C/c2nc(C3(N)CCC3)no2)cc1OCC.Cl. The van der Waals surface area contributed by atoms with Gasteiger partial charge in [0.05, 0.1) is 23.8 Å². The number of aromatic nitrogens is 2. The van der Waals surface area contributed by atoms with Crippen LogP contribution in [0.1, 0.15) is 56.8 Å². The molecule has 27 heavy (non-hydrogen) atoms. The van der Waals surface area contributed by atoms with Crippen molar-refractivity contribution in [1.82, 2.24) is 10.1 Å². The maximum absolute atomic E-state index is 6.37. The molecule has 3 rings (SSSR count). The largest absolute Gasteiger partial charge is 0.490 e. The molecule has 1 fully saturated rings. The van der Waals surface area contributed by atoms with Gasteiger partial charge in [0.2, 0.25) is 0 Å². The second-order valence-electron chi connectivity index (χ2n) is 6.41. The predicted molar refractivity (Wildman–Crippen MR) is 109 cm³/mol. The van der Waals surface area contributed by atoms with Gasteiger partial charge in [-0.1, -0.05) is 23.7 Å². The van der Waals surface area contributed by atoms with E-state index in [1.54, 1.807) is 6.08 Å². The van der Waals surface area contributed by atoms with Crippen LogP contribution in [0, 0.1) is 0 Å². The Labute approximate surface area is 170 Å². The summed E-state index contributed by atoms with van der Waals surface area (Å²) in [6, 6.07) is 3.70. The zero-order valence-electron chi connectivity index (χ0n) is 15.5. The fraction of sp³-hybridized carbons (Fsp3) is 0.474. The van der Waals surface area contributed by atoms with Gasteiger partial charge in [0.25, 0.3) is 5.89 Å². The molecule has 1 aromatic heterocycles. The molecule has 148 valence electrons. The van der Waals surface area contributed by atoms with Crippen molar-refractivity contribution >= 4 is 36.2 Å². The Hall–Kier alpha value is -1.76. The average Bonchev–Trinajstić information content (AvgIpc) is 3.07. The molecular weight excluding hydrogens is 389 g/mol. The van der Waals surface area contributed by atoms with Gasteiger partial charge in [0.1, 0.15) is 0 Å². The van der Waals surface area contributed by atoms with Crippen LogP contribution in [0.15, 0.2) is 16.7 Å². The van der Waals surface area contributed by atoms with Gasteiger partial charge in [-0.15, -0.1) is 12.4 Å². The van der Waals surface area contributed by atoms with Crippen molar-refractivity contribution in [2.75, 3.05) is 13.2 Å². The summed E-state index contributed by atoms with van der Waals surface area (Å²) in [6.07, 6.45) is 7.36. The number of benzene rings is 1. The second kappa shape index (κ2) is 9.44. The first-order valence-corrected chi connectivity index (χ1v) is 9.34. The summed E-state index contributed by atoms with van der Waals surface area (Å²) in [5, 5.41) is 4.51. The summed E-state index contributed by atoms with van der Waals surface area (Å²) in [6.45, 7) is 5.07. The highest BCUT2D eigenvalue weighted by molar-refractivity contribution is 6.32. The zero-order chi connectivity index (χ0) is 18.6. The van der Waals surface area contributed by atoms with Crippen LogP contribution < -0.4 is 15.2 Å². The third kappa shape index (κ3) is 4.94. The van der Waals surface area contributed by atoms with E-state index in [2.05, 4.69) is 10.1 Å². The van der Waals surface area contributed by atoms with Gasteiger partial charge in [-0.2, -0.15) is 4.98 Å². The second-order valence-corrected chi connectivity index (χ2v) is 6.82. The fourth-order valence-corrected chi connectivity index (χ4v) is 3.02. The first-order chi connectivity index (χ1) is 12.6. The van der Waals surface area contributed by atoms with Gasteiger partial charge in [-0.3, -0.25) is 0 Å². The highest BCUT2D eigenvalue weighted by Gasteiger charge is 2.38. The molecule has 0 amide bonds. The third-order valence-electron chi connectivity index (χ3n) is 4.33. The average molecular weight is 414 g/mol. The summed E-state index contributed by atoms with van der Waals surface area (Å²) in [4.78, 5) is 4.38. The topological polar surface area (TPSA) is 83.4 Å². The highest BCUT2D eigenvalue weighted by Crippen LogP contribution is 2.38. The van der Waals surface area contributed by atoms with Crippen LogP contribution in [-0.2, 0) is 5.54 Å². The maximum atomic E-state index is 6.37. The van der Waals surface area contributed by atoms with E-state index in [1.165, 1.54) is 0 Å². The smallest absolute Gasteiger partial charge is 0.250 e. The van der Waals surface area contributed by atoms with Crippen molar-refractivity contribution in [1.29, 1.82) is 0 Å². The zero-order valence-corrected chi connectivity index (χ0v) is 17.1. The summed E-state index contributed by atoms with van der Waals surface area (Å²) >= 11 is 6.37. The Kier molecular flexibility index (Phi) is 7.53. The predicted octanol–water partition coefficient (Wildman–Crippen LogP) is 4.84. The lowest BCUT2D eigenvalue weighted by Gasteiger charge is -2.34. The van der Waals surface area contributed by atoms with Crippen LogP contribution >= 0.6 is 24.0 Å². The Bertz CT molecular complexity index is 789. The molecule has 0 saturated heterocycles. The van der Waals surface area contributed by atoms with Gasteiger partial charge in [0.15, 0.2) is 17.3 Å². The molecular formula is C19H25Cl2N3O3. The molecule has 0 atom stereocenters. The number of hydrogen-bond donors (Lipinski definition) is 1. The van der Waals surface area contributed by atoms with E-state index >= 15 is 0 Å². The molecule has 1 aliphatic carbocycles. The number of hydrogen-bond acceptors (Lipinski definition) is 6. The first kappa shape index (κ1) is 21.5. The van der Waals surface area contributed by atoms with E-state index in [-0.39, 0.29) is 12.4 Å². The minimum absolute atomic E-state index is 0. The summed E-state index contributed by atoms with van der Waals surface area (Å²) in [5.74, 6) is 2.18. The Morgan fingerprint density at radius 1 is 1.26 bits per heavy atom. The highest BCUT2D eigenvalue weighted by atomic mass is 35.5. The molecule has 1 aromatic carbocycles. The number of ether oxygens (including phenoxy) is 2. The monoisotopic (exact) mass is 413 g/mol. The van der Waals surface area contributed by atoms with Crippen molar-refractivity contribution in [3.05, 3.63) is 34.4 Å². The standard InChI is InChI=1S/C19H24ClN3O3.ClH/c1-3-10-25-17-14(20)11-13(12-15(17)24-4-2)6-7-16-22-18(23-26-16)19(21)8-5-9-19;/h6-7,11-12H,3-5,8-10,21H2,1-2H3;1H/b7-6+;. The lowest BCUT2D eigenvalue weighted by atomic mass is 9.77. The van der Waals surface area contributed by atoms with Gasteiger partial charge >= 0.3 is 0 Å². The van der Waals surface area contributed by atoms with Crippen LogP contribution in [0.5, 0.6) is 11.5 Å². The molecule has 2 aromatic rings. The molecule has 0 aliphatic heterocycles. The number of halogens is 2. The van der Waals surface area contributed by atoms with Crippen molar-refractivity contribution in [3.63, 3.8) is 0 Å². The Morgan fingerprint density at radius 2 is 2.04 bits per heavy atom. The maximum Gasteiger partial charge on any atom is 0.250 e. The number of nitrogens with two attached hydrogens (primary N) is 1. The van der Waals surface area contributed by atoms with E-state index in [9.17, 15) is 0 Å². The van der Waals surface area contributed by atoms with Crippen LogP contribution in [0.4, 0.5) is 0 Å². The fourth-order valence-electron chi connectivity index (χ4n) is 2.75. The lowest BCUT2D eigenvalue weighted by Crippen LogP contribution is -2.44. The van der Waals surface area contributed by atoms with Crippen LogP contribution in [-0.4, -0.2) is 23.4 Å². The van der Waals surface area contributed by atoms with Crippen LogP contribution in [0.3, 0.4) is 0 Å². The molecule has 6 nitrogen and oxygen atoms in total. The van der Waals surface area contributed by atoms with Crippen molar-refractivity contribution < 1.29 is 14.0 Å². The Morgan fingerprint density at radius 3 is 2.67 bits per heavy atom. The van der Waals surface area contributed by atoms with Crippen molar-refractivity contribution in [3.8, 4) is 11.5 Å².